The Hall–Kier alpha value is -4.13. The average Bonchev–Trinajstić information content (AvgIpc) is 3.54. The van der Waals surface area contributed by atoms with Gasteiger partial charge >= 0.3 is 6.09 Å². The number of tetrazole rings is 1. The number of amides is 1. The Morgan fingerprint density at radius 1 is 1.20 bits per heavy atom. The summed E-state index contributed by atoms with van der Waals surface area (Å²) in [5.74, 6) is 0.387. The first-order chi connectivity index (χ1) is 19.1. The predicted octanol–water partition coefficient (Wildman–Crippen LogP) is 4.34. The molecule has 1 amide bonds. The molecular formula is C27H35FN10O2. The van der Waals surface area contributed by atoms with E-state index < -0.39 is 11.4 Å². The topological polar surface area (TPSA) is 127 Å². The Balaban J connectivity index is 1.29. The van der Waals surface area contributed by atoms with E-state index in [1.165, 1.54) is 17.2 Å². The largest absolute Gasteiger partial charge is 0.444 e. The van der Waals surface area contributed by atoms with Crippen LogP contribution in [-0.4, -0.2) is 70.5 Å². The summed E-state index contributed by atoms with van der Waals surface area (Å²) in [5, 5.41) is 23.0. The van der Waals surface area contributed by atoms with Crippen molar-refractivity contribution in [1.82, 2.24) is 45.0 Å². The van der Waals surface area contributed by atoms with E-state index in [-0.39, 0.29) is 29.6 Å². The van der Waals surface area contributed by atoms with Gasteiger partial charge in [0, 0.05) is 37.6 Å². The van der Waals surface area contributed by atoms with Crippen molar-refractivity contribution < 1.29 is 13.9 Å². The van der Waals surface area contributed by atoms with E-state index in [1.54, 1.807) is 16.6 Å². The van der Waals surface area contributed by atoms with E-state index in [4.69, 9.17) is 4.74 Å². The van der Waals surface area contributed by atoms with Crippen molar-refractivity contribution in [2.24, 2.45) is 0 Å². The van der Waals surface area contributed by atoms with Gasteiger partial charge in [0.1, 0.15) is 23.3 Å². The maximum absolute atomic E-state index is 14.7. The van der Waals surface area contributed by atoms with Gasteiger partial charge in [-0.25, -0.2) is 18.7 Å². The Morgan fingerprint density at radius 2 is 1.98 bits per heavy atom. The summed E-state index contributed by atoms with van der Waals surface area (Å²) in [6.07, 6.45) is 4.67. The predicted molar refractivity (Wildman–Crippen MR) is 148 cm³/mol. The normalized spacial score (nSPS) is 15.1. The number of alkyl carbamates (subject to hydrolysis) is 1. The van der Waals surface area contributed by atoms with E-state index in [9.17, 15) is 9.18 Å². The molecule has 0 saturated carbocycles. The number of piperidine rings is 1. The molecule has 1 aliphatic heterocycles. The molecule has 13 heteroatoms. The van der Waals surface area contributed by atoms with Crippen LogP contribution in [0.4, 0.5) is 20.7 Å². The molecule has 1 aliphatic rings. The third-order valence-electron chi connectivity index (χ3n) is 6.60. The minimum atomic E-state index is -0.518. The van der Waals surface area contributed by atoms with Crippen molar-refractivity contribution in [3.8, 4) is 11.4 Å². The molecule has 3 aromatic heterocycles. The van der Waals surface area contributed by atoms with Gasteiger partial charge in [-0.2, -0.15) is 9.90 Å². The van der Waals surface area contributed by atoms with Gasteiger partial charge in [0.05, 0.1) is 11.6 Å². The molecule has 1 aromatic carbocycles. The van der Waals surface area contributed by atoms with Crippen molar-refractivity contribution in [2.45, 2.75) is 71.7 Å². The molecule has 5 rings (SSSR count). The van der Waals surface area contributed by atoms with Crippen LogP contribution in [0.2, 0.25) is 0 Å². The number of ether oxygens (including phenoxy) is 1. The molecule has 1 fully saturated rings. The minimum Gasteiger partial charge on any atom is -0.444 e. The SMILES string of the molecule is CC(C)n1nnc(-c2cc(Nc3ncnn4ccc(CN5CCC(NC(=O)OC(C)(C)C)CC5)c34)ccc2F)n1. The first-order valence-corrected chi connectivity index (χ1v) is 13.5. The summed E-state index contributed by atoms with van der Waals surface area (Å²) in [6.45, 7) is 11.8. The zero-order valence-corrected chi connectivity index (χ0v) is 23.4. The number of nitrogens with zero attached hydrogens (tertiary/aromatic N) is 8. The summed E-state index contributed by atoms with van der Waals surface area (Å²) in [5.41, 5.74) is 2.27. The van der Waals surface area contributed by atoms with Crippen LogP contribution in [0.5, 0.6) is 0 Å². The monoisotopic (exact) mass is 550 g/mol. The second-order valence-electron chi connectivity index (χ2n) is 11.3. The molecule has 0 atom stereocenters. The number of carbonyl (C=O) groups excluding carboxylic acids is 1. The molecule has 0 radical (unpaired) electrons. The molecular weight excluding hydrogens is 515 g/mol. The molecule has 212 valence electrons. The molecule has 0 spiro atoms. The number of hydrogen-bond donors (Lipinski definition) is 2. The smallest absolute Gasteiger partial charge is 0.407 e. The Bertz CT molecular complexity index is 1480. The fourth-order valence-corrected chi connectivity index (χ4v) is 4.65. The summed E-state index contributed by atoms with van der Waals surface area (Å²) >= 11 is 0. The van der Waals surface area contributed by atoms with Crippen LogP contribution >= 0.6 is 0 Å². The average molecular weight is 551 g/mol. The quantitative estimate of drug-likeness (QED) is 0.345. The number of anilines is 2. The first kappa shape index (κ1) is 27.4. The third-order valence-corrected chi connectivity index (χ3v) is 6.60. The van der Waals surface area contributed by atoms with Crippen LogP contribution in [0.1, 0.15) is 59.1 Å². The number of rotatable bonds is 7. The third kappa shape index (κ3) is 6.36. The number of hydrogen-bond acceptors (Lipinski definition) is 9. The Morgan fingerprint density at radius 3 is 2.67 bits per heavy atom. The van der Waals surface area contributed by atoms with E-state index >= 15 is 0 Å². The molecule has 1 saturated heterocycles. The van der Waals surface area contributed by atoms with Gasteiger partial charge in [-0.05, 0) is 82.5 Å². The van der Waals surface area contributed by atoms with Crippen LogP contribution in [0.3, 0.4) is 0 Å². The molecule has 4 heterocycles. The van der Waals surface area contributed by atoms with Crippen LogP contribution in [0.15, 0.2) is 36.8 Å². The van der Waals surface area contributed by atoms with Crippen molar-refractivity contribution in [3.63, 3.8) is 0 Å². The highest BCUT2D eigenvalue weighted by Gasteiger charge is 2.24. The van der Waals surface area contributed by atoms with Gasteiger partial charge in [0.15, 0.2) is 5.82 Å². The second kappa shape index (κ2) is 11.2. The Kier molecular flexibility index (Phi) is 7.66. The fraction of sp³-hybridized carbons (Fsp3) is 0.481. The number of nitrogens with one attached hydrogen (secondary N) is 2. The van der Waals surface area contributed by atoms with Gasteiger partial charge in [-0.1, -0.05) is 0 Å². The van der Waals surface area contributed by atoms with Gasteiger partial charge in [0.25, 0.3) is 0 Å². The maximum Gasteiger partial charge on any atom is 0.407 e. The van der Waals surface area contributed by atoms with Gasteiger partial charge in [0.2, 0.25) is 5.82 Å². The molecule has 0 aliphatic carbocycles. The van der Waals surface area contributed by atoms with Gasteiger partial charge in [-0.15, -0.1) is 10.2 Å². The highest BCUT2D eigenvalue weighted by molar-refractivity contribution is 5.77. The highest BCUT2D eigenvalue weighted by atomic mass is 19.1. The van der Waals surface area contributed by atoms with Crippen LogP contribution < -0.4 is 10.6 Å². The zero-order valence-electron chi connectivity index (χ0n) is 23.4. The van der Waals surface area contributed by atoms with E-state index in [2.05, 4.69) is 41.0 Å². The summed E-state index contributed by atoms with van der Waals surface area (Å²) in [6, 6.07) is 6.81. The number of aromatic nitrogens is 7. The summed E-state index contributed by atoms with van der Waals surface area (Å²) < 4.78 is 21.9. The number of likely N-dealkylation sites (tertiary alicyclic amines) is 1. The zero-order chi connectivity index (χ0) is 28.4. The van der Waals surface area contributed by atoms with Crippen LogP contribution in [0.25, 0.3) is 16.9 Å². The highest BCUT2D eigenvalue weighted by Crippen LogP contribution is 2.28. The number of halogens is 1. The Labute approximate surface area is 231 Å². The fourth-order valence-electron chi connectivity index (χ4n) is 4.65. The maximum atomic E-state index is 14.7. The standard InChI is InChI=1S/C27H35FN10O2/c1-17(2)38-34-24(33-35-38)21-14-20(6-7-22(21)28)31-25-23-18(8-13-37(23)30-16-29-25)15-36-11-9-19(10-12-36)32-26(39)40-27(3,4)5/h6-8,13-14,16-17,19H,9-12,15H2,1-5H3,(H,32,39)(H,29,30,31). The number of carbonyl (C=O) groups is 1. The molecule has 40 heavy (non-hydrogen) atoms. The molecule has 0 bridgehead atoms. The van der Waals surface area contributed by atoms with Crippen molar-refractivity contribution in [2.75, 3.05) is 18.4 Å². The lowest BCUT2D eigenvalue weighted by molar-refractivity contribution is 0.0477. The lowest BCUT2D eigenvalue weighted by Crippen LogP contribution is -2.45. The summed E-state index contributed by atoms with van der Waals surface area (Å²) in [4.78, 5) is 20.4. The molecule has 2 N–H and O–H groups in total. The van der Waals surface area contributed by atoms with Gasteiger partial charge in [-0.3, -0.25) is 4.90 Å². The van der Waals surface area contributed by atoms with E-state index in [0.717, 1.165) is 37.0 Å². The van der Waals surface area contributed by atoms with Gasteiger partial charge < -0.3 is 15.4 Å². The lowest BCUT2D eigenvalue weighted by atomic mass is 10.0. The van der Waals surface area contributed by atoms with E-state index in [1.807, 2.05) is 46.9 Å². The number of benzene rings is 1. The van der Waals surface area contributed by atoms with Crippen LogP contribution in [0, 0.1) is 5.82 Å². The minimum absolute atomic E-state index is 0.0136. The molecule has 4 aromatic rings. The molecule has 0 unspecified atom stereocenters. The molecule has 12 nitrogen and oxygen atoms in total. The van der Waals surface area contributed by atoms with Crippen molar-refractivity contribution >= 4 is 23.1 Å². The van der Waals surface area contributed by atoms with E-state index in [0.29, 0.717) is 18.1 Å². The van der Waals surface area contributed by atoms with Crippen LogP contribution in [-0.2, 0) is 11.3 Å². The van der Waals surface area contributed by atoms with Crippen molar-refractivity contribution in [3.05, 3.63) is 48.2 Å². The second-order valence-corrected chi connectivity index (χ2v) is 11.3. The lowest BCUT2D eigenvalue weighted by Gasteiger charge is -2.32. The first-order valence-electron chi connectivity index (χ1n) is 13.5. The summed E-state index contributed by atoms with van der Waals surface area (Å²) in [7, 11) is 0. The van der Waals surface area contributed by atoms with Crippen molar-refractivity contribution in [1.29, 1.82) is 0 Å². The number of fused-ring (bicyclic) bond motifs is 1.